The average molecular weight is 296 g/mol. The second-order valence-electron chi connectivity index (χ2n) is 4.54. The van der Waals surface area contributed by atoms with Gasteiger partial charge in [0, 0.05) is 12.6 Å². The first kappa shape index (κ1) is 15.4. The smallest absolute Gasteiger partial charge is 0.221 e. The summed E-state index contributed by atoms with van der Waals surface area (Å²) in [6, 6.07) is 16.1. The molecule has 0 spiro atoms. The molecule has 1 amide bonds. The molecule has 0 saturated heterocycles. The molecule has 0 atom stereocenters. The van der Waals surface area contributed by atoms with Gasteiger partial charge in [-0.1, -0.05) is 0 Å². The zero-order chi connectivity index (χ0) is 15.8. The number of nitrogens with zero attached hydrogens (tertiary/aromatic N) is 1. The standard InChI is InChI=1S/C17H16N2O3/c1-13(20)19-15-4-8-17(9-5-15)22-11-10-21-16-6-2-14(12-18)3-7-16/h2-9H,10-11H2,1H3,(H,19,20). The summed E-state index contributed by atoms with van der Waals surface area (Å²) in [5.41, 5.74) is 1.33. The molecular weight excluding hydrogens is 280 g/mol. The number of nitriles is 1. The molecule has 0 radical (unpaired) electrons. The Morgan fingerprint density at radius 2 is 1.50 bits per heavy atom. The largest absolute Gasteiger partial charge is 0.490 e. The first-order valence-electron chi connectivity index (χ1n) is 6.81. The third-order valence-corrected chi connectivity index (χ3v) is 2.78. The van der Waals surface area contributed by atoms with E-state index in [1.807, 2.05) is 0 Å². The molecular formula is C17H16N2O3. The van der Waals surface area contributed by atoms with Gasteiger partial charge in [0.25, 0.3) is 0 Å². The Balaban J connectivity index is 1.74. The number of hydrogen-bond donors (Lipinski definition) is 1. The van der Waals surface area contributed by atoms with Crippen LogP contribution >= 0.6 is 0 Å². The fourth-order valence-electron chi connectivity index (χ4n) is 1.78. The lowest BCUT2D eigenvalue weighted by molar-refractivity contribution is -0.114. The lowest BCUT2D eigenvalue weighted by atomic mass is 10.2. The van der Waals surface area contributed by atoms with E-state index in [1.165, 1.54) is 6.92 Å². The molecule has 2 aromatic rings. The summed E-state index contributed by atoms with van der Waals surface area (Å²) >= 11 is 0. The zero-order valence-corrected chi connectivity index (χ0v) is 12.2. The van der Waals surface area contributed by atoms with Gasteiger partial charge in [0.1, 0.15) is 24.7 Å². The van der Waals surface area contributed by atoms with E-state index in [0.29, 0.717) is 30.3 Å². The van der Waals surface area contributed by atoms with Crippen LogP contribution in [-0.4, -0.2) is 19.1 Å². The Kier molecular flexibility index (Phi) is 5.38. The van der Waals surface area contributed by atoms with Gasteiger partial charge >= 0.3 is 0 Å². The summed E-state index contributed by atoms with van der Waals surface area (Å²) in [5.74, 6) is 1.30. The van der Waals surface area contributed by atoms with E-state index in [9.17, 15) is 4.79 Å². The van der Waals surface area contributed by atoms with Gasteiger partial charge in [-0.05, 0) is 48.5 Å². The Morgan fingerprint density at radius 3 is 1.95 bits per heavy atom. The minimum absolute atomic E-state index is 0.107. The summed E-state index contributed by atoms with van der Waals surface area (Å²) < 4.78 is 11.1. The van der Waals surface area contributed by atoms with Crippen LogP contribution in [-0.2, 0) is 4.79 Å². The van der Waals surface area contributed by atoms with E-state index >= 15 is 0 Å². The monoisotopic (exact) mass is 296 g/mol. The molecule has 0 saturated carbocycles. The number of carbonyl (C=O) groups excluding carboxylic acids is 1. The van der Waals surface area contributed by atoms with Crippen LogP contribution in [0, 0.1) is 11.3 Å². The summed E-state index contributed by atoms with van der Waals surface area (Å²) in [6.45, 7) is 2.27. The quantitative estimate of drug-likeness (QED) is 0.832. The summed E-state index contributed by atoms with van der Waals surface area (Å²) in [5, 5.41) is 11.4. The molecule has 2 aromatic carbocycles. The van der Waals surface area contributed by atoms with E-state index in [4.69, 9.17) is 14.7 Å². The van der Waals surface area contributed by atoms with Crippen molar-refractivity contribution in [2.24, 2.45) is 0 Å². The molecule has 5 nitrogen and oxygen atoms in total. The maximum Gasteiger partial charge on any atom is 0.221 e. The van der Waals surface area contributed by atoms with Crippen molar-refractivity contribution in [3.63, 3.8) is 0 Å². The lowest BCUT2D eigenvalue weighted by Crippen LogP contribution is -2.09. The number of anilines is 1. The molecule has 0 fully saturated rings. The minimum atomic E-state index is -0.107. The van der Waals surface area contributed by atoms with E-state index in [2.05, 4.69) is 11.4 Å². The number of carbonyl (C=O) groups is 1. The number of hydrogen-bond acceptors (Lipinski definition) is 4. The molecule has 1 N–H and O–H groups in total. The van der Waals surface area contributed by atoms with Crippen molar-refractivity contribution in [3.05, 3.63) is 54.1 Å². The fourth-order valence-corrected chi connectivity index (χ4v) is 1.78. The van der Waals surface area contributed by atoms with Crippen LogP contribution in [0.4, 0.5) is 5.69 Å². The maximum atomic E-state index is 10.9. The second kappa shape index (κ2) is 7.70. The number of nitrogens with one attached hydrogen (secondary N) is 1. The molecule has 2 rings (SSSR count). The van der Waals surface area contributed by atoms with Crippen LogP contribution in [0.15, 0.2) is 48.5 Å². The SMILES string of the molecule is CC(=O)Nc1ccc(OCCOc2ccc(C#N)cc2)cc1. The highest BCUT2D eigenvalue weighted by Gasteiger charge is 1.98. The van der Waals surface area contributed by atoms with Gasteiger partial charge in [0.15, 0.2) is 0 Å². The van der Waals surface area contributed by atoms with Crippen molar-refractivity contribution in [1.29, 1.82) is 5.26 Å². The molecule has 22 heavy (non-hydrogen) atoms. The molecule has 0 heterocycles. The van der Waals surface area contributed by atoms with Crippen molar-refractivity contribution in [3.8, 4) is 17.6 Å². The highest BCUT2D eigenvalue weighted by Crippen LogP contribution is 2.16. The van der Waals surface area contributed by atoms with Crippen molar-refractivity contribution < 1.29 is 14.3 Å². The van der Waals surface area contributed by atoms with Crippen LogP contribution < -0.4 is 14.8 Å². The predicted molar refractivity (Wildman–Crippen MR) is 82.9 cm³/mol. The van der Waals surface area contributed by atoms with E-state index < -0.39 is 0 Å². The molecule has 0 aliphatic heterocycles. The highest BCUT2D eigenvalue weighted by molar-refractivity contribution is 5.88. The molecule has 112 valence electrons. The Bertz CT molecular complexity index is 658. The van der Waals surface area contributed by atoms with Crippen LogP contribution in [0.3, 0.4) is 0 Å². The van der Waals surface area contributed by atoms with Crippen LogP contribution in [0.2, 0.25) is 0 Å². The van der Waals surface area contributed by atoms with Gasteiger partial charge in [-0.25, -0.2) is 0 Å². The normalized spacial score (nSPS) is 9.64. The Labute approximate surface area is 129 Å². The summed E-state index contributed by atoms with van der Waals surface area (Å²) in [7, 11) is 0. The molecule has 0 aliphatic carbocycles. The molecule has 0 bridgehead atoms. The summed E-state index contributed by atoms with van der Waals surface area (Å²) in [6.07, 6.45) is 0. The topological polar surface area (TPSA) is 71.3 Å². The van der Waals surface area contributed by atoms with Crippen molar-refractivity contribution >= 4 is 11.6 Å². The zero-order valence-electron chi connectivity index (χ0n) is 12.2. The lowest BCUT2D eigenvalue weighted by Gasteiger charge is -2.09. The van der Waals surface area contributed by atoms with Gasteiger partial charge in [0.2, 0.25) is 5.91 Å². The van der Waals surface area contributed by atoms with Gasteiger partial charge in [-0.15, -0.1) is 0 Å². The van der Waals surface area contributed by atoms with Gasteiger partial charge in [-0.3, -0.25) is 4.79 Å². The van der Waals surface area contributed by atoms with Crippen molar-refractivity contribution in [2.45, 2.75) is 6.92 Å². The first-order valence-corrected chi connectivity index (χ1v) is 6.81. The van der Waals surface area contributed by atoms with E-state index in [0.717, 1.165) is 5.69 Å². The molecule has 5 heteroatoms. The van der Waals surface area contributed by atoms with Crippen LogP contribution in [0.5, 0.6) is 11.5 Å². The molecule has 0 aliphatic rings. The van der Waals surface area contributed by atoms with Gasteiger partial charge in [-0.2, -0.15) is 5.26 Å². The Morgan fingerprint density at radius 1 is 1.00 bits per heavy atom. The predicted octanol–water partition coefficient (Wildman–Crippen LogP) is 2.97. The van der Waals surface area contributed by atoms with Gasteiger partial charge < -0.3 is 14.8 Å². The second-order valence-corrected chi connectivity index (χ2v) is 4.54. The van der Waals surface area contributed by atoms with Gasteiger partial charge in [0.05, 0.1) is 11.6 Å². The van der Waals surface area contributed by atoms with Crippen LogP contribution in [0.25, 0.3) is 0 Å². The van der Waals surface area contributed by atoms with Crippen molar-refractivity contribution in [1.82, 2.24) is 0 Å². The minimum Gasteiger partial charge on any atom is -0.490 e. The van der Waals surface area contributed by atoms with E-state index in [-0.39, 0.29) is 5.91 Å². The third kappa shape index (κ3) is 4.84. The fraction of sp³-hybridized carbons (Fsp3) is 0.176. The molecule has 0 unspecified atom stereocenters. The highest BCUT2D eigenvalue weighted by atomic mass is 16.5. The van der Waals surface area contributed by atoms with E-state index in [1.54, 1.807) is 48.5 Å². The van der Waals surface area contributed by atoms with Crippen LogP contribution in [0.1, 0.15) is 12.5 Å². The summed E-state index contributed by atoms with van der Waals surface area (Å²) in [4.78, 5) is 10.9. The average Bonchev–Trinajstić information content (AvgIpc) is 2.53. The first-order chi connectivity index (χ1) is 10.7. The number of ether oxygens (including phenoxy) is 2. The number of rotatable bonds is 6. The molecule has 0 aromatic heterocycles. The number of amides is 1. The number of benzene rings is 2. The third-order valence-electron chi connectivity index (χ3n) is 2.78. The van der Waals surface area contributed by atoms with Crippen molar-refractivity contribution in [2.75, 3.05) is 18.5 Å². The maximum absolute atomic E-state index is 10.9. The Hall–Kier alpha value is -3.00.